The molecule has 0 bridgehead atoms. The van der Waals surface area contributed by atoms with Gasteiger partial charge in [0.15, 0.2) is 0 Å². The van der Waals surface area contributed by atoms with Gasteiger partial charge in [0.2, 0.25) is 11.8 Å². The summed E-state index contributed by atoms with van der Waals surface area (Å²) in [7, 11) is 1.61. The summed E-state index contributed by atoms with van der Waals surface area (Å²) in [5, 5.41) is 11.1. The number of hydrogen-bond acceptors (Lipinski definition) is 5. The van der Waals surface area contributed by atoms with Crippen LogP contribution < -0.4 is 10.2 Å². The Bertz CT molecular complexity index is 1060. The molecule has 0 unspecified atom stereocenters. The van der Waals surface area contributed by atoms with Crippen LogP contribution in [0.15, 0.2) is 66.2 Å². The van der Waals surface area contributed by atoms with Gasteiger partial charge in [0.1, 0.15) is 0 Å². The number of carbonyl (C=O) groups excluding carboxylic acids is 3. The molecule has 0 aliphatic rings. The van der Waals surface area contributed by atoms with Gasteiger partial charge in [-0.25, -0.2) is 4.79 Å². The normalized spacial score (nSPS) is 10.3. The van der Waals surface area contributed by atoms with E-state index >= 15 is 0 Å². The van der Waals surface area contributed by atoms with Crippen LogP contribution in [0.5, 0.6) is 0 Å². The zero-order valence-electron chi connectivity index (χ0n) is 25.0. The van der Waals surface area contributed by atoms with Crippen molar-refractivity contribution in [3.8, 4) is 0 Å². The van der Waals surface area contributed by atoms with Gasteiger partial charge < -0.3 is 15.0 Å². The monoisotopic (exact) mass is 537 g/mol. The summed E-state index contributed by atoms with van der Waals surface area (Å²) in [5.74, 6) is -0.468. The topological polar surface area (TPSA) is 99.6 Å². The van der Waals surface area contributed by atoms with E-state index in [1.165, 1.54) is 4.90 Å². The van der Waals surface area contributed by atoms with Crippen molar-refractivity contribution in [2.24, 2.45) is 5.92 Å². The quantitative estimate of drug-likeness (QED) is 0.147. The van der Waals surface area contributed by atoms with E-state index in [0.29, 0.717) is 23.6 Å². The number of benzene rings is 2. The van der Waals surface area contributed by atoms with E-state index in [0.717, 1.165) is 24.3 Å². The van der Waals surface area contributed by atoms with E-state index < -0.39 is 11.9 Å². The maximum absolute atomic E-state index is 12.8. The minimum atomic E-state index is -0.516. The molecule has 0 aliphatic heterocycles. The van der Waals surface area contributed by atoms with Crippen LogP contribution >= 0.6 is 0 Å². The highest BCUT2D eigenvalue weighted by atomic mass is 16.5. The Morgan fingerprint density at radius 2 is 1.56 bits per heavy atom. The highest BCUT2D eigenvalue weighted by Gasteiger charge is 2.19. The fraction of sp³-hybridized carbons (Fsp3) is 0.438. The molecule has 7 nitrogen and oxygen atoms in total. The van der Waals surface area contributed by atoms with E-state index in [4.69, 9.17) is 10.1 Å². The molecule has 0 heterocycles. The summed E-state index contributed by atoms with van der Waals surface area (Å²) in [4.78, 5) is 38.6. The lowest BCUT2D eigenvalue weighted by Gasteiger charge is -2.21. The molecule has 0 saturated heterocycles. The average molecular weight is 538 g/mol. The molecule has 2 aromatic carbocycles. The largest absolute Gasteiger partial charge is 0.462 e. The summed E-state index contributed by atoms with van der Waals surface area (Å²) in [6, 6.07) is 16.4. The first-order chi connectivity index (χ1) is 18.6. The molecule has 0 aromatic heterocycles. The number of para-hydroxylation sites is 1. The van der Waals surface area contributed by atoms with Crippen LogP contribution in [0.4, 0.5) is 5.69 Å². The molecule has 0 saturated carbocycles. The van der Waals surface area contributed by atoms with Crippen molar-refractivity contribution in [2.45, 2.75) is 67.7 Å². The maximum atomic E-state index is 12.8. The highest BCUT2D eigenvalue weighted by molar-refractivity contribution is 6.15. The summed E-state index contributed by atoms with van der Waals surface area (Å²) < 4.78 is 5.15. The smallest absolute Gasteiger partial charge is 0.334 e. The second kappa shape index (κ2) is 20.3. The molecular formula is C32H47N3O4. The van der Waals surface area contributed by atoms with Gasteiger partial charge in [-0.1, -0.05) is 103 Å². The van der Waals surface area contributed by atoms with Gasteiger partial charge in [0.05, 0.1) is 31.0 Å². The zero-order valence-corrected chi connectivity index (χ0v) is 25.0. The van der Waals surface area contributed by atoms with Crippen molar-refractivity contribution in [1.29, 1.82) is 5.41 Å². The summed E-state index contributed by atoms with van der Waals surface area (Å²) in [6.45, 7) is 14.2. The summed E-state index contributed by atoms with van der Waals surface area (Å²) in [6.07, 6.45) is 3.06. The molecule has 2 aromatic rings. The third-order valence-electron chi connectivity index (χ3n) is 5.10. The molecule has 0 atom stereocenters. The predicted molar refractivity (Wildman–Crippen MR) is 161 cm³/mol. The number of nitrogens with zero attached hydrogens (tertiary/aromatic N) is 1. The standard InChI is InChI=1S/C26H31N3O4.C4H10.C2H6/c1-4-6-16-33-26(32)19(5-2)17-23(30)28-18-24(31)29(3)22-15-11-10-14-21(22)25(27)20-12-8-7-9-13-20;1-4(2)3;1-2/h5,7-15,27H,4,6,16-18H2,1-3H3,(H,28,30);4H,1-3H3;1-2H3/b19-5+,27-25?;;. The fourth-order valence-electron chi connectivity index (χ4n) is 3.09. The number of anilines is 1. The molecule has 0 fully saturated rings. The van der Waals surface area contributed by atoms with Crippen molar-refractivity contribution in [3.63, 3.8) is 0 Å². The van der Waals surface area contributed by atoms with Gasteiger partial charge in [0.25, 0.3) is 0 Å². The van der Waals surface area contributed by atoms with Crippen LogP contribution in [0.25, 0.3) is 0 Å². The summed E-state index contributed by atoms with van der Waals surface area (Å²) in [5.41, 5.74) is 2.47. The number of likely N-dealkylation sites (N-methyl/N-ethyl adjacent to an activating group) is 1. The van der Waals surface area contributed by atoms with E-state index in [9.17, 15) is 14.4 Å². The lowest BCUT2D eigenvalue weighted by molar-refractivity contribution is -0.140. The molecule has 2 rings (SSSR count). The van der Waals surface area contributed by atoms with Gasteiger partial charge >= 0.3 is 5.97 Å². The molecule has 39 heavy (non-hydrogen) atoms. The van der Waals surface area contributed by atoms with Crippen molar-refractivity contribution in [1.82, 2.24) is 5.32 Å². The number of esters is 1. The van der Waals surface area contributed by atoms with E-state index in [1.54, 1.807) is 38.2 Å². The molecule has 2 N–H and O–H groups in total. The first-order valence-electron chi connectivity index (χ1n) is 13.7. The maximum Gasteiger partial charge on any atom is 0.334 e. The van der Waals surface area contributed by atoms with Crippen molar-refractivity contribution in [2.75, 3.05) is 25.1 Å². The molecule has 214 valence electrons. The van der Waals surface area contributed by atoms with Gasteiger partial charge in [-0.3, -0.25) is 15.0 Å². The molecule has 0 spiro atoms. The van der Waals surface area contributed by atoms with Gasteiger partial charge in [-0.05, 0) is 25.3 Å². The second-order valence-corrected chi connectivity index (χ2v) is 9.20. The van der Waals surface area contributed by atoms with Crippen molar-refractivity contribution >= 4 is 29.2 Å². The highest BCUT2D eigenvalue weighted by Crippen LogP contribution is 2.22. The molecule has 7 heteroatoms. The Balaban J connectivity index is 0.00000220. The lowest BCUT2D eigenvalue weighted by Crippen LogP contribution is -2.39. The number of unbranched alkanes of at least 4 members (excludes halogenated alkanes) is 1. The van der Waals surface area contributed by atoms with E-state index in [-0.39, 0.29) is 24.4 Å². The fourth-order valence-corrected chi connectivity index (χ4v) is 3.09. The number of allylic oxidation sites excluding steroid dienone is 1. The Hall–Kier alpha value is -3.74. The Morgan fingerprint density at radius 1 is 1.00 bits per heavy atom. The zero-order chi connectivity index (χ0) is 29.8. The minimum absolute atomic E-state index is 0.159. The number of amides is 2. The summed E-state index contributed by atoms with van der Waals surface area (Å²) >= 11 is 0. The van der Waals surface area contributed by atoms with Crippen LogP contribution in [0.1, 0.15) is 78.9 Å². The first kappa shape index (κ1) is 35.3. The predicted octanol–water partition coefficient (Wildman–Crippen LogP) is 6.55. The van der Waals surface area contributed by atoms with Gasteiger partial charge in [-0.2, -0.15) is 0 Å². The van der Waals surface area contributed by atoms with Crippen LogP contribution in [0.3, 0.4) is 0 Å². The SMILES string of the molecule is C/C=C(\CC(=O)NCC(=O)N(C)c1ccccc1C(=N)c1ccccc1)C(=O)OCCCC.CC.CC(C)C. The molecule has 0 aliphatic carbocycles. The van der Waals surface area contributed by atoms with Crippen LogP contribution in [-0.2, 0) is 19.1 Å². The van der Waals surface area contributed by atoms with Crippen molar-refractivity contribution in [3.05, 3.63) is 77.4 Å². The number of carbonyl (C=O) groups is 3. The number of ether oxygens (including phenoxy) is 1. The number of hydrogen-bond donors (Lipinski definition) is 2. The Morgan fingerprint density at radius 3 is 2.13 bits per heavy atom. The lowest BCUT2D eigenvalue weighted by atomic mass is 10.0. The van der Waals surface area contributed by atoms with Gasteiger partial charge in [-0.15, -0.1) is 0 Å². The van der Waals surface area contributed by atoms with Crippen LogP contribution in [0.2, 0.25) is 0 Å². The van der Waals surface area contributed by atoms with E-state index in [1.807, 2.05) is 57.2 Å². The van der Waals surface area contributed by atoms with Crippen molar-refractivity contribution < 1.29 is 19.1 Å². The molecule has 2 amide bonds. The first-order valence-corrected chi connectivity index (χ1v) is 13.7. The molecular weight excluding hydrogens is 490 g/mol. The average Bonchev–Trinajstić information content (AvgIpc) is 2.95. The Kier molecular flexibility index (Phi) is 18.3. The second-order valence-electron chi connectivity index (χ2n) is 9.20. The third-order valence-corrected chi connectivity index (χ3v) is 5.10. The Labute approximate surface area is 235 Å². The van der Waals surface area contributed by atoms with Gasteiger partial charge in [0, 0.05) is 23.7 Å². The van der Waals surface area contributed by atoms with Crippen LogP contribution in [-0.4, -0.2) is 43.7 Å². The number of rotatable bonds is 11. The minimum Gasteiger partial charge on any atom is -0.462 e. The number of nitrogens with one attached hydrogen (secondary N) is 2. The molecule has 0 radical (unpaired) electrons. The van der Waals surface area contributed by atoms with E-state index in [2.05, 4.69) is 26.1 Å². The van der Waals surface area contributed by atoms with Crippen LogP contribution in [0, 0.1) is 11.3 Å². The third kappa shape index (κ3) is 13.6.